The third-order valence-electron chi connectivity index (χ3n) is 6.98. The lowest BCUT2D eigenvalue weighted by atomic mass is 10.2. The maximum Gasteiger partial charge on any atom is 0.312 e. The van der Waals surface area contributed by atoms with Crippen LogP contribution in [0.1, 0.15) is 10.4 Å². The lowest BCUT2D eigenvalue weighted by Gasteiger charge is -2.25. The van der Waals surface area contributed by atoms with E-state index in [1.165, 1.54) is 25.3 Å². The van der Waals surface area contributed by atoms with Crippen LogP contribution in [0.2, 0.25) is 0 Å². The van der Waals surface area contributed by atoms with Gasteiger partial charge in [-0.25, -0.2) is 0 Å². The summed E-state index contributed by atoms with van der Waals surface area (Å²) in [5.41, 5.74) is 0.242. The van der Waals surface area contributed by atoms with Crippen molar-refractivity contribution in [1.82, 2.24) is 5.32 Å². The highest BCUT2D eigenvalue weighted by atomic mass is 31.2. The van der Waals surface area contributed by atoms with Gasteiger partial charge in [0.05, 0.1) is 12.0 Å². The molecule has 5 rings (SSSR count). The maximum absolute atomic E-state index is 14.1. The van der Waals surface area contributed by atoms with E-state index in [9.17, 15) is 19.7 Å². The third kappa shape index (κ3) is 6.41. The molecule has 0 aliphatic carbocycles. The Morgan fingerprint density at radius 1 is 0.727 bits per heavy atom. The van der Waals surface area contributed by atoms with Gasteiger partial charge in [-0.15, -0.1) is 0 Å². The number of carbonyl (C=O) groups excluding carboxylic acids is 2. The highest BCUT2D eigenvalue weighted by molar-refractivity contribution is 7.98. The molecule has 0 atom stereocenters. The van der Waals surface area contributed by atoms with E-state index in [-0.39, 0.29) is 22.8 Å². The molecule has 5 aromatic rings. The lowest BCUT2D eigenvalue weighted by Crippen LogP contribution is -2.35. The molecule has 0 saturated carbocycles. The molecule has 0 aliphatic rings. The van der Waals surface area contributed by atoms with E-state index in [0.717, 1.165) is 15.9 Å². The summed E-state index contributed by atoms with van der Waals surface area (Å²) >= 11 is 0. The van der Waals surface area contributed by atoms with Gasteiger partial charge in [0.15, 0.2) is 5.75 Å². The Hall–Kier alpha value is -5.59. The van der Waals surface area contributed by atoms with Crippen molar-refractivity contribution in [2.24, 2.45) is 0 Å². The predicted molar refractivity (Wildman–Crippen MR) is 175 cm³/mol. The number of hydrogen-bond donors (Lipinski definition) is 2. The van der Waals surface area contributed by atoms with E-state index in [2.05, 4.69) is 10.6 Å². The highest BCUT2D eigenvalue weighted by Crippen LogP contribution is 2.57. The number of nitro groups is 1. The van der Waals surface area contributed by atoms with E-state index in [1.54, 1.807) is 30.3 Å². The van der Waals surface area contributed by atoms with Crippen LogP contribution in [-0.4, -0.2) is 23.8 Å². The van der Waals surface area contributed by atoms with Gasteiger partial charge in [-0.3, -0.25) is 19.7 Å². The number of carbonyl (C=O) groups is 2. The van der Waals surface area contributed by atoms with Crippen LogP contribution in [0.15, 0.2) is 151 Å². The molecule has 0 heterocycles. The second-order valence-corrected chi connectivity index (χ2v) is 12.9. The Kier molecular flexibility index (Phi) is 9.23. The van der Waals surface area contributed by atoms with Crippen molar-refractivity contribution in [2.45, 2.75) is 0 Å². The molecule has 2 amide bonds. The quantitative estimate of drug-likeness (QED) is 0.0908. The molecule has 0 unspecified atom stereocenters. The molecular weight excluding hydrogens is 573 g/mol. The second kappa shape index (κ2) is 13.6. The number of nitro benzene ring substituents is 1. The molecule has 5 aromatic carbocycles. The van der Waals surface area contributed by atoms with Gasteiger partial charge >= 0.3 is 5.69 Å². The lowest BCUT2D eigenvalue weighted by molar-refractivity contribution is -0.385. The molecule has 218 valence electrons. The Balaban J connectivity index is 1.72. The summed E-state index contributed by atoms with van der Waals surface area (Å²) in [5.74, 6) is 0.797. The van der Waals surface area contributed by atoms with Gasteiger partial charge in [-0.1, -0.05) is 72.8 Å². The second-order valence-electron chi connectivity index (χ2n) is 9.69. The van der Waals surface area contributed by atoms with Crippen LogP contribution in [0.4, 0.5) is 11.4 Å². The molecule has 8 nitrogen and oxygen atoms in total. The molecule has 0 radical (unpaired) electrons. The Bertz CT molecular complexity index is 1700. The van der Waals surface area contributed by atoms with Crippen LogP contribution in [0.25, 0.3) is 0 Å². The number of amides is 2. The molecule has 0 saturated heterocycles. The van der Waals surface area contributed by atoms with Crippen LogP contribution in [0.5, 0.6) is 5.75 Å². The predicted octanol–water partition coefficient (Wildman–Crippen LogP) is 5.81. The number of methoxy groups -OCH3 is 1. The molecule has 0 spiro atoms. The third-order valence-corrected chi connectivity index (χ3v) is 11.0. The highest BCUT2D eigenvalue weighted by Gasteiger charge is 2.45. The van der Waals surface area contributed by atoms with E-state index < -0.39 is 24.0 Å². The van der Waals surface area contributed by atoms with Crippen LogP contribution in [0, 0.1) is 10.1 Å². The number of ether oxygens (including phenoxy) is 1. The van der Waals surface area contributed by atoms with Crippen LogP contribution >= 0.6 is 7.26 Å². The van der Waals surface area contributed by atoms with Gasteiger partial charge in [0, 0.05) is 17.3 Å². The zero-order valence-corrected chi connectivity index (χ0v) is 24.7. The number of anilines is 1. The normalized spacial score (nSPS) is 11.3. The first-order valence-corrected chi connectivity index (χ1v) is 15.6. The fourth-order valence-corrected chi connectivity index (χ4v) is 8.73. The molecule has 2 N–H and O–H groups in total. The summed E-state index contributed by atoms with van der Waals surface area (Å²) in [5, 5.41) is 20.2. The average Bonchev–Trinajstić information content (AvgIpc) is 3.08. The van der Waals surface area contributed by atoms with Gasteiger partial charge in [-0.2, -0.15) is 0 Å². The zero-order chi connectivity index (χ0) is 30.9. The Morgan fingerprint density at radius 3 is 1.66 bits per heavy atom. The smallest absolute Gasteiger partial charge is 0.312 e. The van der Waals surface area contributed by atoms with Crippen LogP contribution in [-0.2, 0) is 4.79 Å². The van der Waals surface area contributed by atoms with Crippen molar-refractivity contribution >= 4 is 46.4 Å². The summed E-state index contributed by atoms with van der Waals surface area (Å²) in [7, 11) is -1.39. The molecule has 0 fully saturated rings. The number of nitrogens with zero attached hydrogens (tertiary/aromatic N) is 1. The SMILES string of the molecule is COc1ccc(NC(=O)/C(=C/[P+](c2ccccc2)(c2ccccc2)c2ccccc2)NC(=O)c2ccccc2)cc1[N+](=O)[O-]. The number of rotatable bonds is 10. The Labute approximate surface area is 255 Å². The molecule has 0 bridgehead atoms. The summed E-state index contributed by atoms with van der Waals surface area (Å²) in [6.07, 6.45) is 0. The van der Waals surface area contributed by atoms with E-state index in [1.807, 2.05) is 96.8 Å². The maximum atomic E-state index is 14.1. The van der Waals surface area contributed by atoms with Gasteiger partial charge in [0.25, 0.3) is 11.8 Å². The summed E-state index contributed by atoms with van der Waals surface area (Å²) in [6, 6.07) is 42.3. The van der Waals surface area contributed by atoms with Gasteiger partial charge in [-0.05, 0) is 60.7 Å². The van der Waals surface area contributed by atoms with Crippen molar-refractivity contribution in [3.8, 4) is 5.75 Å². The van der Waals surface area contributed by atoms with E-state index in [0.29, 0.717) is 5.56 Å². The summed E-state index contributed by atoms with van der Waals surface area (Å²) in [4.78, 5) is 38.7. The van der Waals surface area contributed by atoms with Gasteiger partial charge < -0.3 is 15.4 Å². The summed E-state index contributed by atoms with van der Waals surface area (Å²) in [6.45, 7) is 0. The van der Waals surface area contributed by atoms with Crippen molar-refractivity contribution < 1.29 is 19.2 Å². The first-order valence-electron chi connectivity index (χ1n) is 13.7. The topological polar surface area (TPSA) is 111 Å². The van der Waals surface area contributed by atoms with Crippen molar-refractivity contribution in [2.75, 3.05) is 12.4 Å². The van der Waals surface area contributed by atoms with E-state index >= 15 is 0 Å². The molecule has 0 aliphatic heterocycles. The van der Waals surface area contributed by atoms with Crippen molar-refractivity contribution in [1.29, 1.82) is 0 Å². The number of nitrogens with one attached hydrogen (secondary N) is 2. The molecule has 0 aromatic heterocycles. The first kappa shape index (κ1) is 29.9. The van der Waals surface area contributed by atoms with E-state index in [4.69, 9.17) is 4.74 Å². The fourth-order valence-electron chi connectivity index (χ4n) is 4.89. The molecular formula is C35H29N3O5P+. The van der Waals surface area contributed by atoms with Gasteiger partial charge in [0.2, 0.25) is 0 Å². The monoisotopic (exact) mass is 602 g/mol. The van der Waals surface area contributed by atoms with Crippen molar-refractivity contribution in [3.63, 3.8) is 0 Å². The number of hydrogen-bond acceptors (Lipinski definition) is 5. The van der Waals surface area contributed by atoms with Crippen LogP contribution < -0.4 is 31.3 Å². The largest absolute Gasteiger partial charge is 0.490 e. The minimum absolute atomic E-state index is 0.00205. The minimum Gasteiger partial charge on any atom is -0.490 e. The van der Waals surface area contributed by atoms with Crippen LogP contribution in [0.3, 0.4) is 0 Å². The Morgan fingerprint density at radius 2 is 1.20 bits per heavy atom. The molecule has 9 heteroatoms. The average molecular weight is 603 g/mol. The fraction of sp³-hybridized carbons (Fsp3) is 0.0286. The summed E-state index contributed by atoms with van der Waals surface area (Å²) < 4.78 is 5.11. The number of benzene rings is 5. The molecule has 44 heavy (non-hydrogen) atoms. The zero-order valence-electron chi connectivity index (χ0n) is 23.8. The first-order chi connectivity index (χ1) is 21.4. The van der Waals surface area contributed by atoms with Gasteiger partial charge in [0.1, 0.15) is 34.7 Å². The standard InChI is InChI=1S/C35H28N3O5P/c1-43-33-23-22-27(24-32(33)38(41)42)36-35(40)31(37-34(39)26-14-6-2-7-15-26)25-44(28-16-8-3-9-17-28,29-18-10-4-11-19-29)30-20-12-5-13-21-30/h2-25H,1H3,(H-,36,37,39,40)/p+1/b31-25-. The minimum atomic E-state index is -2.72. The van der Waals surface area contributed by atoms with Crippen molar-refractivity contribution in [3.05, 3.63) is 167 Å².